The third-order valence-corrected chi connectivity index (χ3v) is 5.91. The van der Waals surface area contributed by atoms with Crippen molar-refractivity contribution in [3.8, 4) is 0 Å². The molecule has 1 atom stereocenters. The molecule has 3 heterocycles. The number of carbonyl (C=O) groups is 2. The van der Waals surface area contributed by atoms with Crippen LogP contribution in [0.25, 0.3) is 10.2 Å². The van der Waals surface area contributed by atoms with Crippen LogP contribution in [0, 0.1) is 13.8 Å². The number of nitrogens with one attached hydrogen (secondary N) is 1. The van der Waals surface area contributed by atoms with E-state index in [1.54, 1.807) is 6.92 Å². The first kappa shape index (κ1) is 17.0. The highest BCUT2D eigenvalue weighted by molar-refractivity contribution is 8.13. The van der Waals surface area contributed by atoms with E-state index in [9.17, 15) is 14.4 Å². The number of fused-ring (bicyclic) bond motifs is 1. The van der Waals surface area contributed by atoms with Gasteiger partial charge in [0.2, 0.25) is 0 Å². The van der Waals surface area contributed by atoms with Crippen molar-refractivity contribution >= 4 is 44.5 Å². The second-order valence-corrected chi connectivity index (χ2v) is 7.83. The quantitative estimate of drug-likeness (QED) is 0.834. The molecule has 24 heavy (non-hydrogen) atoms. The first-order valence-electron chi connectivity index (χ1n) is 7.48. The number of H-pyrrole nitrogens is 1. The molecule has 0 radical (unpaired) electrons. The summed E-state index contributed by atoms with van der Waals surface area (Å²) in [5, 5.41) is 0.469. The van der Waals surface area contributed by atoms with Crippen molar-refractivity contribution in [3.63, 3.8) is 0 Å². The molecule has 3 rings (SSSR count). The van der Waals surface area contributed by atoms with E-state index >= 15 is 0 Å². The smallest absolute Gasteiger partial charge is 0.326 e. The molecule has 1 fully saturated rings. The minimum Gasteiger partial charge on any atom is -0.453 e. The number of hydrogen-bond acceptors (Lipinski definition) is 7. The van der Waals surface area contributed by atoms with Gasteiger partial charge in [0.05, 0.1) is 5.39 Å². The summed E-state index contributed by atoms with van der Waals surface area (Å²) >= 11 is 2.63. The Balaban J connectivity index is 1.76. The van der Waals surface area contributed by atoms with Gasteiger partial charge in [0.1, 0.15) is 11.4 Å². The first-order valence-corrected chi connectivity index (χ1v) is 9.28. The Morgan fingerprint density at radius 3 is 2.83 bits per heavy atom. The lowest BCUT2D eigenvalue weighted by molar-refractivity contribution is -0.149. The summed E-state index contributed by atoms with van der Waals surface area (Å²) < 4.78 is 5.32. The molecule has 0 aliphatic carbocycles. The van der Waals surface area contributed by atoms with Gasteiger partial charge in [0, 0.05) is 17.2 Å². The number of amides is 1. The summed E-state index contributed by atoms with van der Waals surface area (Å²) in [6.45, 7) is 5.94. The van der Waals surface area contributed by atoms with Gasteiger partial charge in [-0.05, 0) is 26.3 Å². The van der Waals surface area contributed by atoms with Crippen LogP contribution in [0.2, 0.25) is 0 Å². The zero-order valence-corrected chi connectivity index (χ0v) is 15.2. The number of carbonyl (C=O) groups excluding carboxylic acids is 2. The molecule has 2 aromatic heterocycles. The largest absolute Gasteiger partial charge is 0.453 e. The molecule has 0 unspecified atom stereocenters. The second-order valence-electron chi connectivity index (χ2n) is 5.58. The molecule has 128 valence electrons. The van der Waals surface area contributed by atoms with Gasteiger partial charge in [-0.15, -0.1) is 11.3 Å². The maximum atomic E-state index is 12.3. The predicted octanol–water partition coefficient (Wildman–Crippen LogP) is 2.37. The average molecular weight is 367 g/mol. The number of ether oxygens (including phenoxy) is 1. The topological polar surface area (TPSA) is 92.4 Å². The SMILES string of the molecule is Cc1sc2nc([C@H](C)OC(=O)CN3CCSC3=O)[nH]c(=O)c2c1C. The number of aryl methyl sites for hydroxylation is 2. The molecule has 0 spiro atoms. The maximum absolute atomic E-state index is 12.3. The fourth-order valence-electron chi connectivity index (χ4n) is 2.48. The zero-order chi connectivity index (χ0) is 17.4. The molecule has 2 aromatic rings. The summed E-state index contributed by atoms with van der Waals surface area (Å²) in [4.78, 5) is 46.0. The third kappa shape index (κ3) is 3.18. The highest BCUT2D eigenvalue weighted by atomic mass is 32.2. The molecule has 0 saturated carbocycles. The first-order chi connectivity index (χ1) is 11.4. The normalized spacial score (nSPS) is 16.0. The van der Waals surface area contributed by atoms with Crippen LogP contribution in [0.1, 0.15) is 29.3 Å². The van der Waals surface area contributed by atoms with Crippen molar-refractivity contribution < 1.29 is 14.3 Å². The van der Waals surface area contributed by atoms with E-state index in [-0.39, 0.29) is 17.3 Å². The highest BCUT2D eigenvalue weighted by Crippen LogP contribution is 2.27. The minimum absolute atomic E-state index is 0.0835. The van der Waals surface area contributed by atoms with Crippen LogP contribution < -0.4 is 5.56 Å². The summed E-state index contributed by atoms with van der Waals surface area (Å²) in [6, 6.07) is 0. The Morgan fingerprint density at radius 1 is 1.42 bits per heavy atom. The van der Waals surface area contributed by atoms with Crippen molar-refractivity contribution in [3.05, 3.63) is 26.6 Å². The Morgan fingerprint density at radius 2 is 2.17 bits per heavy atom. The van der Waals surface area contributed by atoms with E-state index in [1.807, 2.05) is 13.8 Å². The third-order valence-electron chi connectivity index (χ3n) is 3.92. The van der Waals surface area contributed by atoms with Gasteiger partial charge in [-0.1, -0.05) is 11.8 Å². The van der Waals surface area contributed by atoms with Crippen LogP contribution in [0.3, 0.4) is 0 Å². The molecule has 1 aliphatic rings. The number of aromatic amines is 1. The van der Waals surface area contributed by atoms with Crippen LogP contribution in [0.4, 0.5) is 4.79 Å². The van der Waals surface area contributed by atoms with Gasteiger partial charge in [0.15, 0.2) is 11.9 Å². The summed E-state index contributed by atoms with van der Waals surface area (Å²) in [5.41, 5.74) is 0.691. The minimum atomic E-state index is -0.692. The van der Waals surface area contributed by atoms with Crippen molar-refractivity contribution in [1.82, 2.24) is 14.9 Å². The molecule has 7 nitrogen and oxygen atoms in total. The van der Waals surface area contributed by atoms with E-state index in [0.717, 1.165) is 10.4 Å². The van der Waals surface area contributed by atoms with E-state index in [0.29, 0.717) is 28.3 Å². The fourth-order valence-corrected chi connectivity index (χ4v) is 4.34. The Bertz CT molecular complexity index is 873. The lowest BCUT2D eigenvalue weighted by atomic mass is 10.2. The number of esters is 1. The standard InChI is InChI=1S/C15H17N3O4S2/c1-7-9(3)24-14-11(7)13(20)16-12(17-14)8(2)22-10(19)6-18-4-5-23-15(18)21/h8H,4-6H2,1-3H3,(H,16,17,20)/t8-/m0/s1. The van der Waals surface area contributed by atoms with Crippen molar-refractivity contribution in [2.24, 2.45) is 0 Å². The second kappa shape index (κ2) is 6.56. The lowest BCUT2D eigenvalue weighted by Crippen LogP contribution is -2.31. The predicted molar refractivity (Wildman–Crippen MR) is 93.6 cm³/mol. The van der Waals surface area contributed by atoms with Gasteiger partial charge in [-0.2, -0.15) is 0 Å². The average Bonchev–Trinajstić information content (AvgIpc) is 3.03. The van der Waals surface area contributed by atoms with Crippen molar-refractivity contribution in [2.75, 3.05) is 18.8 Å². The molecule has 1 amide bonds. The van der Waals surface area contributed by atoms with Crippen LogP contribution in [-0.4, -0.2) is 44.9 Å². The molecular weight excluding hydrogens is 350 g/mol. The fraction of sp³-hybridized carbons (Fsp3) is 0.467. The van der Waals surface area contributed by atoms with E-state index in [4.69, 9.17) is 4.74 Å². The molecule has 1 saturated heterocycles. The molecule has 9 heteroatoms. The summed E-state index contributed by atoms with van der Waals surface area (Å²) in [7, 11) is 0. The van der Waals surface area contributed by atoms with Gasteiger partial charge >= 0.3 is 5.97 Å². The monoisotopic (exact) mass is 367 g/mol. The van der Waals surface area contributed by atoms with Gasteiger partial charge in [-0.3, -0.25) is 14.4 Å². The lowest BCUT2D eigenvalue weighted by Gasteiger charge is -2.16. The van der Waals surface area contributed by atoms with Gasteiger partial charge < -0.3 is 14.6 Å². The van der Waals surface area contributed by atoms with Crippen molar-refractivity contribution in [1.29, 1.82) is 0 Å². The zero-order valence-electron chi connectivity index (χ0n) is 13.5. The van der Waals surface area contributed by atoms with E-state index in [2.05, 4.69) is 9.97 Å². The number of thiophene rings is 1. The van der Waals surface area contributed by atoms with E-state index < -0.39 is 12.1 Å². The molecule has 1 N–H and O–H groups in total. The molecule has 1 aliphatic heterocycles. The van der Waals surface area contributed by atoms with Gasteiger partial charge in [0.25, 0.3) is 10.8 Å². The van der Waals surface area contributed by atoms with E-state index in [1.165, 1.54) is 28.0 Å². The van der Waals surface area contributed by atoms with Crippen molar-refractivity contribution in [2.45, 2.75) is 26.9 Å². The van der Waals surface area contributed by atoms with Crippen LogP contribution in [-0.2, 0) is 9.53 Å². The van der Waals surface area contributed by atoms with Crippen LogP contribution in [0.15, 0.2) is 4.79 Å². The van der Waals surface area contributed by atoms with Crippen LogP contribution in [0.5, 0.6) is 0 Å². The number of hydrogen-bond donors (Lipinski definition) is 1. The summed E-state index contributed by atoms with van der Waals surface area (Å²) in [5.74, 6) is 0.480. The van der Waals surface area contributed by atoms with Crippen LogP contribution >= 0.6 is 23.1 Å². The Labute approximate surface area is 146 Å². The number of rotatable bonds is 4. The Kier molecular flexibility index (Phi) is 4.64. The molecule has 0 aromatic carbocycles. The Hall–Kier alpha value is -1.87. The number of aromatic nitrogens is 2. The number of thioether (sulfide) groups is 1. The van der Waals surface area contributed by atoms with Gasteiger partial charge in [-0.25, -0.2) is 4.98 Å². The number of nitrogens with zero attached hydrogens (tertiary/aromatic N) is 2. The summed E-state index contributed by atoms with van der Waals surface area (Å²) in [6.07, 6.45) is -0.692. The highest BCUT2D eigenvalue weighted by Gasteiger charge is 2.25. The molecule has 0 bridgehead atoms. The maximum Gasteiger partial charge on any atom is 0.326 e. The molecular formula is C15H17N3O4S2.